The molecule has 0 aliphatic heterocycles. The summed E-state index contributed by atoms with van der Waals surface area (Å²) >= 11 is 0. The van der Waals surface area contributed by atoms with Crippen LogP contribution in [-0.2, 0) is 20.7 Å². The summed E-state index contributed by atoms with van der Waals surface area (Å²) in [6, 6.07) is 0.0540. The van der Waals surface area contributed by atoms with Crippen LogP contribution in [0.4, 0.5) is 0 Å². The average molecular weight is 264 g/mol. The fraction of sp³-hybridized carbons (Fsp3) is 0.417. The molecular weight excluding hydrogens is 252 g/mol. The number of carbonyl (C=O) groups is 3. The molecule has 0 spiro atoms. The van der Waals surface area contributed by atoms with Crippen LogP contribution in [-0.4, -0.2) is 41.7 Å². The highest BCUT2D eigenvalue weighted by Gasteiger charge is 2.38. The number of hydrogen-bond acceptors (Lipinski definition) is 7. The number of hydrogen-bond donors (Lipinski definition) is 0. The molecule has 0 N–H and O–H groups in total. The molecule has 0 fully saturated rings. The SMILES string of the molecule is COC(=O)C(=O)C1CCc2cnc(OC)nc2C1=O. The van der Waals surface area contributed by atoms with Crippen molar-refractivity contribution < 1.29 is 23.9 Å². The Morgan fingerprint density at radius 3 is 2.74 bits per heavy atom. The first-order valence-corrected chi connectivity index (χ1v) is 5.64. The van der Waals surface area contributed by atoms with Gasteiger partial charge >= 0.3 is 12.0 Å². The molecule has 7 heteroatoms. The maximum absolute atomic E-state index is 12.2. The van der Waals surface area contributed by atoms with E-state index in [1.54, 1.807) is 0 Å². The van der Waals surface area contributed by atoms with Crippen LogP contribution in [0.25, 0.3) is 0 Å². The number of nitrogens with zero attached hydrogens (tertiary/aromatic N) is 2. The Morgan fingerprint density at radius 2 is 2.11 bits per heavy atom. The smallest absolute Gasteiger partial charge is 0.375 e. The van der Waals surface area contributed by atoms with Gasteiger partial charge < -0.3 is 9.47 Å². The van der Waals surface area contributed by atoms with Crippen molar-refractivity contribution in [3.8, 4) is 6.01 Å². The molecule has 0 saturated heterocycles. The summed E-state index contributed by atoms with van der Waals surface area (Å²) in [5.41, 5.74) is 0.792. The molecule has 0 radical (unpaired) electrons. The minimum Gasteiger partial charge on any atom is -0.467 e. The number of methoxy groups -OCH3 is 2. The molecule has 100 valence electrons. The monoisotopic (exact) mass is 264 g/mol. The van der Waals surface area contributed by atoms with Gasteiger partial charge in [0.15, 0.2) is 5.78 Å². The second-order valence-electron chi connectivity index (χ2n) is 4.04. The predicted octanol–water partition coefficient (Wildman–Crippen LogP) is -0.0276. The summed E-state index contributed by atoms with van der Waals surface area (Å²) in [5.74, 6) is -3.37. The van der Waals surface area contributed by atoms with Crippen molar-refractivity contribution in [2.75, 3.05) is 14.2 Å². The lowest BCUT2D eigenvalue weighted by atomic mass is 9.83. The lowest BCUT2D eigenvalue weighted by Crippen LogP contribution is -2.35. The number of ketones is 2. The summed E-state index contributed by atoms with van der Waals surface area (Å²) in [6.07, 6.45) is 2.21. The van der Waals surface area contributed by atoms with Gasteiger partial charge in [-0.1, -0.05) is 0 Å². The van der Waals surface area contributed by atoms with Gasteiger partial charge in [0.25, 0.3) is 5.78 Å². The average Bonchev–Trinajstić information content (AvgIpc) is 2.46. The fourth-order valence-corrected chi connectivity index (χ4v) is 1.97. The Hall–Kier alpha value is -2.31. The zero-order chi connectivity index (χ0) is 14.0. The normalized spacial score (nSPS) is 17.6. The van der Waals surface area contributed by atoms with E-state index in [9.17, 15) is 14.4 Å². The van der Waals surface area contributed by atoms with Crippen LogP contribution in [0.15, 0.2) is 6.20 Å². The van der Waals surface area contributed by atoms with E-state index in [1.807, 2.05) is 0 Å². The lowest BCUT2D eigenvalue weighted by Gasteiger charge is -2.20. The van der Waals surface area contributed by atoms with Crippen molar-refractivity contribution in [3.05, 3.63) is 17.5 Å². The van der Waals surface area contributed by atoms with Gasteiger partial charge in [-0.2, -0.15) is 4.98 Å². The summed E-state index contributed by atoms with van der Waals surface area (Å²) < 4.78 is 9.19. The lowest BCUT2D eigenvalue weighted by molar-refractivity contribution is -0.153. The highest BCUT2D eigenvalue weighted by atomic mass is 16.5. The van der Waals surface area contributed by atoms with Crippen LogP contribution < -0.4 is 4.74 Å². The quantitative estimate of drug-likeness (QED) is 0.429. The number of aromatic nitrogens is 2. The Bertz CT molecular complexity index is 555. The van der Waals surface area contributed by atoms with E-state index in [1.165, 1.54) is 13.3 Å². The zero-order valence-electron chi connectivity index (χ0n) is 10.5. The van der Waals surface area contributed by atoms with Gasteiger partial charge in [-0.05, 0) is 12.8 Å². The molecule has 7 nitrogen and oxygen atoms in total. The Balaban J connectivity index is 2.33. The number of carbonyl (C=O) groups excluding carboxylic acids is 3. The number of aryl methyl sites for hydroxylation is 1. The highest BCUT2D eigenvalue weighted by molar-refractivity contribution is 6.39. The van der Waals surface area contributed by atoms with E-state index in [4.69, 9.17) is 4.74 Å². The van der Waals surface area contributed by atoms with E-state index in [-0.39, 0.29) is 18.1 Å². The Morgan fingerprint density at radius 1 is 1.37 bits per heavy atom. The van der Waals surface area contributed by atoms with Crippen molar-refractivity contribution in [1.29, 1.82) is 0 Å². The molecule has 19 heavy (non-hydrogen) atoms. The minimum atomic E-state index is -1.03. The van der Waals surface area contributed by atoms with Crippen molar-refractivity contribution in [2.45, 2.75) is 12.8 Å². The topological polar surface area (TPSA) is 95.5 Å². The van der Waals surface area contributed by atoms with E-state index >= 15 is 0 Å². The van der Waals surface area contributed by atoms with Gasteiger partial charge in [0.05, 0.1) is 20.1 Å². The van der Waals surface area contributed by atoms with E-state index in [2.05, 4.69) is 14.7 Å². The number of ether oxygens (including phenoxy) is 2. The van der Waals surface area contributed by atoms with Gasteiger partial charge in [0, 0.05) is 11.8 Å². The van der Waals surface area contributed by atoms with Crippen LogP contribution in [0.5, 0.6) is 6.01 Å². The standard InChI is InChI=1S/C12H12N2O5/c1-18-11(17)10(16)7-4-3-6-5-13-12(19-2)14-8(6)9(7)15/h5,7H,3-4H2,1-2H3. The zero-order valence-corrected chi connectivity index (χ0v) is 10.5. The molecular formula is C12H12N2O5. The van der Waals surface area contributed by atoms with E-state index in [0.29, 0.717) is 12.0 Å². The molecule has 2 rings (SSSR count). The number of fused-ring (bicyclic) bond motifs is 1. The predicted molar refractivity (Wildman–Crippen MR) is 61.7 cm³/mol. The van der Waals surface area contributed by atoms with Crippen LogP contribution in [0, 0.1) is 5.92 Å². The molecule has 0 amide bonds. The molecule has 0 aromatic carbocycles. The Labute approximate surface area is 108 Å². The molecule has 1 aliphatic carbocycles. The largest absolute Gasteiger partial charge is 0.467 e. The maximum Gasteiger partial charge on any atom is 0.375 e. The van der Waals surface area contributed by atoms with Gasteiger partial charge in [-0.25, -0.2) is 9.78 Å². The first kappa shape index (κ1) is 13.1. The van der Waals surface area contributed by atoms with Gasteiger partial charge in [0.1, 0.15) is 5.69 Å². The molecule has 1 aliphatic rings. The van der Waals surface area contributed by atoms with Crippen molar-refractivity contribution in [1.82, 2.24) is 9.97 Å². The molecule has 1 heterocycles. The number of esters is 1. The van der Waals surface area contributed by atoms with E-state index in [0.717, 1.165) is 7.11 Å². The molecule has 1 aromatic heterocycles. The van der Waals surface area contributed by atoms with Gasteiger partial charge in [-0.15, -0.1) is 0 Å². The minimum absolute atomic E-state index is 0.0540. The maximum atomic E-state index is 12.2. The van der Waals surface area contributed by atoms with E-state index < -0.39 is 23.5 Å². The third-order valence-corrected chi connectivity index (χ3v) is 2.98. The third kappa shape index (κ3) is 2.31. The highest BCUT2D eigenvalue weighted by Crippen LogP contribution is 2.25. The first-order chi connectivity index (χ1) is 9.08. The molecule has 1 atom stereocenters. The first-order valence-electron chi connectivity index (χ1n) is 5.64. The number of rotatable bonds is 3. The second kappa shape index (κ2) is 5.13. The summed E-state index contributed by atoms with van der Waals surface area (Å²) in [7, 11) is 2.48. The van der Waals surface area contributed by atoms with Crippen LogP contribution in [0.1, 0.15) is 22.5 Å². The van der Waals surface area contributed by atoms with Crippen molar-refractivity contribution >= 4 is 17.5 Å². The fourth-order valence-electron chi connectivity index (χ4n) is 1.97. The van der Waals surface area contributed by atoms with Crippen LogP contribution in [0.3, 0.4) is 0 Å². The Kier molecular flexibility index (Phi) is 3.55. The third-order valence-electron chi connectivity index (χ3n) is 2.98. The van der Waals surface area contributed by atoms with Crippen LogP contribution in [0.2, 0.25) is 0 Å². The van der Waals surface area contributed by atoms with Crippen molar-refractivity contribution in [3.63, 3.8) is 0 Å². The van der Waals surface area contributed by atoms with Crippen molar-refractivity contribution in [2.24, 2.45) is 5.92 Å². The van der Waals surface area contributed by atoms with Gasteiger partial charge in [-0.3, -0.25) is 9.59 Å². The molecule has 1 aromatic rings. The summed E-state index contributed by atoms with van der Waals surface area (Å²) in [5, 5.41) is 0. The van der Waals surface area contributed by atoms with Gasteiger partial charge in [0.2, 0.25) is 0 Å². The summed E-state index contributed by atoms with van der Waals surface area (Å²) in [6.45, 7) is 0. The second-order valence-corrected chi connectivity index (χ2v) is 4.04. The van der Waals surface area contributed by atoms with Crippen LogP contribution >= 0.6 is 0 Å². The molecule has 1 unspecified atom stereocenters. The summed E-state index contributed by atoms with van der Waals surface area (Å²) in [4.78, 5) is 43.0. The molecule has 0 bridgehead atoms. The number of Topliss-reactive ketones (excluding diaryl/α,β-unsaturated/α-hetero) is 2. The molecule has 0 saturated carbocycles.